The minimum Gasteiger partial charge on any atom is -0.496 e. The minimum absolute atomic E-state index is 0.0699. The molecular formula is C13H14FNO2. The molecule has 1 aromatic rings. The largest absolute Gasteiger partial charge is 0.496 e. The highest BCUT2D eigenvalue weighted by Crippen LogP contribution is 2.20. The number of halogens is 1. The van der Waals surface area contributed by atoms with Crippen molar-refractivity contribution in [2.45, 2.75) is 13.3 Å². The predicted octanol–water partition coefficient (Wildman–Crippen LogP) is 1.98. The molecule has 0 aliphatic heterocycles. The molecule has 1 aromatic carbocycles. The lowest BCUT2D eigenvalue weighted by Gasteiger charge is -2.09. The van der Waals surface area contributed by atoms with Crippen LogP contribution < -0.4 is 10.1 Å². The molecule has 0 spiro atoms. The molecule has 0 atom stereocenters. The molecule has 0 saturated carbocycles. The van der Waals surface area contributed by atoms with E-state index in [1.807, 2.05) is 0 Å². The molecule has 17 heavy (non-hydrogen) atoms. The SMILES string of the molecule is CC#CCCNC(=O)c1c(F)cccc1OC. The Morgan fingerprint density at radius 3 is 2.94 bits per heavy atom. The van der Waals surface area contributed by atoms with Gasteiger partial charge in [-0.2, -0.15) is 0 Å². The lowest BCUT2D eigenvalue weighted by molar-refractivity contribution is 0.0947. The highest BCUT2D eigenvalue weighted by atomic mass is 19.1. The summed E-state index contributed by atoms with van der Waals surface area (Å²) in [5.74, 6) is 4.67. The number of amides is 1. The Balaban J connectivity index is 2.76. The number of carbonyl (C=O) groups excluding carboxylic acids is 1. The van der Waals surface area contributed by atoms with Gasteiger partial charge in [0.05, 0.1) is 7.11 Å². The molecule has 0 saturated heterocycles. The summed E-state index contributed by atoms with van der Waals surface area (Å²) in [7, 11) is 1.40. The number of nitrogens with one attached hydrogen (secondary N) is 1. The maximum Gasteiger partial charge on any atom is 0.258 e. The molecule has 3 nitrogen and oxygen atoms in total. The first kappa shape index (κ1) is 13.0. The lowest BCUT2D eigenvalue weighted by atomic mass is 10.1. The van der Waals surface area contributed by atoms with Crippen LogP contribution in [0.25, 0.3) is 0 Å². The molecule has 0 aromatic heterocycles. The molecule has 0 aliphatic rings. The van der Waals surface area contributed by atoms with E-state index in [0.29, 0.717) is 13.0 Å². The molecule has 4 heteroatoms. The number of hydrogen-bond acceptors (Lipinski definition) is 2. The van der Waals surface area contributed by atoms with Gasteiger partial charge in [-0.1, -0.05) is 6.07 Å². The first-order chi connectivity index (χ1) is 8.20. The number of hydrogen-bond donors (Lipinski definition) is 1. The van der Waals surface area contributed by atoms with Crippen molar-refractivity contribution in [3.63, 3.8) is 0 Å². The third kappa shape index (κ3) is 3.49. The Bertz CT molecular complexity index is 460. The van der Waals surface area contributed by atoms with Crippen molar-refractivity contribution in [3.8, 4) is 17.6 Å². The summed E-state index contributed by atoms with van der Waals surface area (Å²) in [6, 6.07) is 4.26. The number of benzene rings is 1. The van der Waals surface area contributed by atoms with E-state index in [4.69, 9.17) is 4.74 Å². The number of carbonyl (C=O) groups is 1. The Morgan fingerprint density at radius 2 is 2.29 bits per heavy atom. The molecule has 0 aliphatic carbocycles. The van der Waals surface area contributed by atoms with Crippen molar-refractivity contribution >= 4 is 5.91 Å². The van der Waals surface area contributed by atoms with Gasteiger partial charge in [-0.25, -0.2) is 4.39 Å². The fourth-order valence-electron chi connectivity index (χ4n) is 1.35. The quantitative estimate of drug-likeness (QED) is 0.640. The molecule has 0 radical (unpaired) electrons. The van der Waals surface area contributed by atoms with Gasteiger partial charge in [-0.05, 0) is 19.1 Å². The van der Waals surface area contributed by atoms with Crippen molar-refractivity contribution in [1.29, 1.82) is 0 Å². The molecule has 0 unspecified atom stereocenters. The van der Waals surface area contributed by atoms with Gasteiger partial charge in [0, 0.05) is 13.0 Å². The first-order valence-corrected chi connectivity index (χ1v) is 5.21. The third-order valence-electron chi connectivity index (χ3n) is 2.13. The summed E-state index contributed by atoms with van der Waals surface area (Å²) in [6.07, 6.45) is 0.541. The fraction of sp³-hybridized carbons (Fsp3) is 0.308. The monoisotopic (exact) mass is 235 g/mol. The Kier molecular flexibility index (Phi) is 5.02. The second-order valence-electron chi connectivity index (χ2n) is 3.25. The molecule has 1 amide bonds. The molecule has 0 bridgehead atoms. The van der Waals surface area contributed by atoms with Crippen LogP contribution in [0.5, 0.6) is 5.75 Å². The van der Waals surface area contributed by atoms with Gasteiger partial charge >= 0.3 is 0 Å². The van der Waals surface area contributed by atoms with E-state index in [2.05, 4.69) is 17.2 Å². The van der Waals surface area contributed by atoms with E-state index in [1.54, 1.807) is 13.0 Å². The van der Waals surface area contributed by atoms with Crippen molar-refractivity contribution in [3.05, 3.63) is 29.6 Å². The molecule has 90 valence electrons. The van der Waals surface area contributed by atoms with Gasteiger partial charge in [0.2, 0.25) is 0 Å². The minimum atomic E-state index is -0.594. The maximum atomic E-state index is 13.5. The zero-order valence-corrected chi connectivity index (χ0v) is 9.84. The molecule has 1 N–H and O–H groups in total. The predicted molar refractivity (Wildman–Crippen MR) is 63.4 cm³/mol. The van der Waals surface area contributed by atoms with Crippen molar-refractivity contribution in [2.75, 3.05) is 13.7 Å². The summed E-state index contributed by atoms with van der Waals surface area (Å²) in [4.78, 5) is 11.7. The zero-order chi connectivity index (χ0) is 12.7. The van der Waals surface area contributed by atoms with Crippen LogP contribution in [0.3, 0.4) is 0 Å². The van der Waals surface area contributed by atoms with Gasteiger partial charge in [0.25, 0.3) is 5.91 Å². The van der Waals surface area contributed by atoms with Gasteiger partial charge in [0.15, 0.2) is 0 Å². The van der Waals surface area contributed by atoms with Gasteiger partial charge in [-0.3, -0.25) is 4.79 Å². The summed E-state index contributed by atoms with van der Waals surface area (Å²) in [6.45, 7) is 2.11. The summed E-state index contributed by atoms with van der Waals surface area (Å²) < 4.78 is 18.4. The van der Waals surface area contributed by atoms with Crippen LogP contribution in [0.4, 0.5) is 4.39 Å². The number of rotatable bonds is 4. The van der Waals surface area contributed by atoms with Crippen LogP contribution in [0.1, 0.15) is 23.7 Å². The third-order valence-corrected chi connectivity index (χ3v) is 2.13. The van der Waals surface area contributed by atoms with Crippen LogP contribution in [-0.2, 0) is 0 Å². The van der Waals surface area contributed by atoms with E-state index < -0.39 is 11.7 Å². The van der Waals surface area contributed by atoms with Gasteiger partial charge in [0.1, 0.15) is 17.1 Å². The number of methoxy groups -OCH3 is 1. The van der Waals surface area contributed by atoms with E-state index >= 15 is 0 Å². The average molecular weight is 235 g/mol. The topological polar surface area (TPSA) is 38.3 Å². The smallest absolute Gasteiger partial charge is 0.258 e. The van der Waals surface area contributed by atoms with Gasteiger partial charge in [-0.15, -0.1) is 11.8 Å². The van der Waals surface area contributed by atoms with Crippen LogP contribution in [0.15, 0.2) is 18.2 Å². The second kappa shape index (κ2) is 6.54. The van der Waals surface area contributed by atoms with Crippen molar-refractivity contribution in [2.24, 2.45) is 0 Å². The van der Waals surface area contributed by atoms with Crippen LogP contribution in [0, 0.1) is 17.7 Å². The highest BCUT2D eigenvalue weighted by molar-refractivity contribution is 5.97. The van der Waals surface area contributed by atoms with Crippen molar-refractivity contribution in [1.82, 2.24) is 5.32 Å². The molecule has 0 fully saturated rings. The summed E-state index contributed by atoms with van der Waals surface area (Å²) >= 11 is 0. The Labute approximate surface area is 100.0 Å². The van der Waals surface area contributed by atoms with Crippen LogP contribution in [-0.4, -0.2) is 19.6 Å². The second-order valence-corrected chi connectivity index (χ2v) is 3.25. The average Bonchev–Trinajstić information content (AvgIpc) is 2.34. The highest BCUT2D eigenvalue weighted by Gasteiger charge is 2.16. The van der Waals surface area contributed by atoms with E-state index in [0.717, 1.165) is 0 Å². The summed E-state index contributed by atoms with van der Waals surface area (Å²) in [5.41, 5.74) is -0.0699. The normalized spacial score (nSPS) is 9.12. The van der Waals surface area contributed by atoms with Crippen LogP contribution in [0.2, 0.25) is 0 Å². The lowest BCUT2D eigenvalue weighted by Crippen LogP contribution is -2.25. The first-order valence-electron chi connectivity index (χ1n) is 5.21. The Morgan fingerprint density at radius 1 is 1.53 bits per heavy atom. The number of ether oxygens (including phenoxy) is 1. The summed E-state index contributed by atoms with van der Waals surface area (Å²) in [5, 5.41) is 2.59. The van der Waals surface area contributed by atoms with Crippen molar-refractivity contribution < 1.29 is 13.9 Å². The standard InChI is InChI=1S/C13H14FNO2/c1-3-4-5-9-15-13(16)12-10(14)7-6-8-11(12)17-2/h6-8H,5,9H2,1-2H3,(H,15,16). The molecule has 0 heterocycles. The van der Waals surface area contributed by atoms with Crippen LogP contribution >= 0.6 is 0 Å². The maximum absolute atomic E-state index is 13.5. The van der Waals surface area contributed by atoms with E-state index in [9.17, 15) is 9.18 Å². The van der Waals surface area contributed by atoms with E-state index in [-0.39, 0.29) is 11.3 Å². The zero-order valence-electron chi connectivity index (χ0n) is 9.84. The molecule has 1 rings (SSSR count). The van der Waals surface area contributed by atoms with E-state index in [1.165, 1.54) is 19.2 Å². The fourth-order valence-corrected chi connectivity index (χ4v) is 1.35. The Hall–Kier alpha value is -2.02. The van der Waals surface area contributed by atoms with Gasteiger partial charge < -0.3 is 10.1 Å². The molecular weight excluding hydrogens is 221 g/mol.